The molecule has 98 valence electrons. The van der Waals surface area contributed by atoms with Gasteiger partial charge in [0.25, 0.3) is 0 Å². The van der Waals surface area contributed by atoms with Crippen molar-refractivity contribution < 1.29 is 9.90 Å². The van der Waals surface area contributed by atoms with Gasteiger partial charge in [-0.3, -0.25) is 9.78 Å². The minimum absolute atomic E-state index is 0.0947. The summed E-state index contributed by atoms with van der Waals surface area (Å²) in [5.41, 5.74) is 1.02. The first-order chi connectivity index (χ1) is 8.57. The average molecular weight is 248 g/mol. The monoisotopic (exact) mass is 248 g/mol. The SMILES string of the molecule is Cc1cccc(CNC(=O)CC2(O)CCCC2)n1. The molecule has 1 aliphatic carbocycles. The largest absolute Gasteiger partial charge is 0.389 e. The Bertz CT molecular complexity index is 426. The van der Waals surface area contributed by atoms with E-state index in [0.717, 1.165) is 37.1 Å². The van der Waals surface area contributed by atoms with Gasteiger partial charge in [0.05, 0.1) is 24.3 Å². The van der Waals surface area contributed by atoms with Gasteiger partial charge in [-0.25, -0.2) is 0 Å². The van der Waals surface area contributed by atoms with Crippen molar-refractivity contribution in [2.75, 3.05) is 0 Å². The third-order valence-electron chi connectivity index (χ3n) is 3.44. The fourth-order valence-corrected chi connectivity index (χ4v) is 2.46. The molecule has 1 amide bonds. The summed E-state index contributed by atoms with van der Waals surface area (Å²) in [5.74, 6) is -0.0947. The number of carbonyl (C=O) groups excluding carboxylic acids is 1. The molecular formula is C14H20N2O2. The van der Waals surface area contributed by atoms with Crippen LogP contribution < -0.4 is 5.32 Å². The summed E-state index contributed by atoms with van der Waals surface area (Å²) in [6.45, 7) is 2.35. The van der Waals surface area contributed by atoms with Crippen LogP contribution in [-0.4, -0.2) is 21.6 Å². The first-order valence-electron chi connectivity index (χ1n) is 6.49. The first-order valence-corrected chi connectivity index (χ1v) is 6.49. The number of pyridine rings is 1. The van der Waals surface area contributed by atoms with Crippen molar-refractivity contribution in [2.24, 2.45) is 0 Å². The topological polar surface area (TPSA) is 62.2 Å². The van der Waals surface area contributed by atoms with Crippen LogP contribution in [0.1, 0.15) is 43.5 Å². The number of nitrogens with zero attached hydrogens (tertiary/aromatic N) is 1. The van der Waals surface area contributed by atoms with Crippen LogP contribution in [-0.2, 0) is 11.3 Å². The summed E-state index contributed by atoms with van der Waals surface area (Å²) >= 11 is 0. The van der Waals surface area contributed by atoms with E-state index in [9.17, 15) is 9.90 Å². The minimum Gasteiger partial charge on any atom is -0.389 e. The van der Waals surface area contributed by atoms with Crippen LogP contribution in [0.15, 0.2) is 18.2 Å². The summed E-state index contributed by atoms with van der Waals surface area (Å²) in [5, 5.41) is 12.9. The van der Waals surface area contributed by atoms with E-state index in [1.165, 1.54) is 0 Å². The fraction of sp³-hybridized carbons (Fsp3) is 0.571. The number of hydrogen-bond donors (Lipinski definition) is 2. The van der Waals surface area contributed by atoms with E-state index in [2.05, 4.69) is 10.3 Å². The highest BCUT2D eigenvalue weighted by molar-refractivity contribution is 5.77. The molecular weight excluding hydrogens is 228 g/mol. The molecule has 18 heavy (non-hydrogen) atoms. The zero-order chi connectivity index (χ0) is 13.0. The van der Waals surface area contributed by atoms with E-state index in [4.69, 9.17) is 0 Å². The maximum Gasteiger partial charge on any atom is 0.223 e. The number of hydrogen-bond acceptors (Lipinski definition) is 3. The van der Waals surface area contributed by atoms with Crippen molar-refractivity contribution in [1.29, 1.82) is 0 Å². The van der Waals surface area contributed by atoms with E-state index >= 15 is 0 Å². The number of aryl methyl sites for hydroxylation is 1. The summed E-state index contributed by atoms with van der Waals surface area (Å²) in [6.07, 6.45) is 3.72. The van der Waals surface area contributed by atoms with E-state index in [0.29, 0.717) is 6.54 Å². The van der Waals surface area contributed by atoms with Crippen LogP contribution in [0.25, 0.3) is 0 Å². The molecule has 1 aromatic rings. The van der Waals surface area contributed by atoms with Crippen LogP contribution in [0.2, 0.25) is 0 Å². The molecule has 1 fully saturated rings. The predicted molar refractivity (Wildman–Crippen MR) is 68.9 cm³/mol. The number of aliphatic hydroxyl groups is 1. The second-order valence-corrected chi connectivity index (χ2v) is 5.16. The standard InChI is InChI=1S/C14H20N2O2/c1-11-5-4-6-12(16-11)10-15-13(17)9-14(18)7-2-3-8-14/h4-6,18H,2-3,7-10H2,1H3,(H,15,17). The Morgan fingerprint density at radius 1 is 1.44 bits per heavy atom. The summed E-state index contributed by atoms with van der Waals surface area (Å²) in [7, 11) is 0. The van der Waals surface area contributed by atoms with Gasteiger partial charge in [-0.1, -0.05) is 18.9 Å². The second-order valence-electron chi connectivity index (χ2n) is 5.16. The van der Waals surface area contributed by atoms with Crippen molar-refractivity contribution in [3.63, 3.8) is 0 Å². The second kappa shape index (κ2) is 5.48. The van der Waals surface area contributed by atoms with Gasteiger partial charge in [0, 0.05) is 5.69 Å². The number of nitrogens with one attached hydrogen (secondary N) is 1. The highest BCUT2D eigenvalue weighted by atomic mass is 16.3. The van der Waals surface area contributed by atoms with Crippen LogP contribution in [0, 0.1) is 6.92 Å². The third-order valence-corrected chi connectivity index (χ3v) is 3.44. The number of carbonyl (C=O) groups is 1. The van der Waals surface area contributed by atoms with Gasteiger partial charge >= 0.3 is 0 Å². The number of aromatic nitrogens is 1. The van der Waals surface area contributed by atoms with Crippen molar-refractivity contribution >= 4 is 5.91 Å². The van der Waals surface area contributed by atoms with Crippen LogP contribution in [0.3, 0.4) is 0 Å². The van der Waals surface area contributed by atoms with Gasteiger partial charge in [0.1, 0.15) is 0 Å². The first kappa shape index (κ1) is 13.0. The summed E-state index contributed by atoms with van der Waals surface area (Å²) in [6, 6.07) is 5.73. The highest BCUT2D eigenvalue weighted by Gasteiger charge is 2.33. The Morgan fingerprint density at radius 3 is 2.83 bits per heavy atom. The van der Waals surface area contributed by atoms with Gasteiger partial charge in [0.15, 0.2) is 0 Å². The summed E-state index contributed by atoms with van der Waals surface area (Å²) in [4.78, 5) is 16.1. The molecule has 2 N–H and O–H groups in total. The molecule has 0 unspecified atom stereocenters. The van der Waals surface area contributed by atoms with E-state index in [1.807, 2.05) is 25.1 Å². The summed E-state index contributed by atoms with van der Waals surface area (Å²) < 4.78 is 0. The molecule has 0 aliphatic heterocycles. The molecule has 1 aromatic heterocycles. The van der Waals surface area contributed by atoms with Crippen molar-refractivity contribution in [2.45, 2.75) is 51.2 Å². The zero-order valence-corrected chi connectivity index (χ0v) is 10.8. The fourth-order valence-electron chi connectivity index (χ4n) is 2.46. The number of amides is 1. The van der Waals surface area contributed by atoms with E-state index in [1.54, 1.807) is 0 Å². The molecule has 0 spiro atoms. The van der Waals surface area contributed by atoms with Crippen LogP contribution in [0.5, 0.6) is 0 Å². The van der Waals surface area contributed by atoms with Gasteiger partial charge in [-0.15, -0.1) is 0 Å². The lowest BCUT2D eigenvalue weighted by atomic mass is 9.98. The smallest absolute Gasteiger partial charge is 0.223 e. The Hall–Kier alpha value is -1.42. The maximum atomic E-state index is 11.8. The molecule has 0 radical (unpaired) electrons. The molecule has 1 aliphatic rings. The van der Waals surface area contributed by atoms with Crippen molar-refractivity contribution in [3.05, 3.63) is 29.6 Å². The Kier molecular flexibility index (Phi) is 3.97. The van der Waals surface area contributed by atoms with Crippen molar-refractivity contribution in [1.82, 2.24) is 10.3 Å². The van der Waals surface area contributed by atoms with Gasteiger partial charge < -0.3 is 10.4 Å². The Balaban J connectivity index is 1.81. The molecule has 4 nitrogen and oxygen atoms in total. The maximum absolute atomic E-state index is 11.8. The lowest BCUT2D eigenvalue weighted by molar-refractivity contribution is -0.126. The average Bonchev–Trinajstić information content (AvgIpc) is 2.73. The lowest BCUT2D eigenvalue weighted by Crippen LogP contribution is -2.34. The van der Waals surface area contributed by atoms with Gasteiger partial charge in [-0.05, 0) is 31.9 Å². The molecule has 0 bridgehead atoms. The molecule has 2 rings (SSSR count). The molecule has 1 heterocycles. The van der Waals surface area contributed by atoms with E-state index < -0.39 is 5.60 Å². The Labute approximate surface area is 107 Å². The van der Waals surface area contributed by atoms with E-state index in [-0.39, 0.29) is 12.3 Å². The molecule has 0 aromatic carbocycles. The quantitative estimate of drug-likeness (QED) is 0.852. The molecule has 0 atom stereocenters. The number of rotatable bonds is 4. The third kappa shape index (κ3) is 3.53. The van der Waals surface area contributed by atoms with Crippen molar-refractivity contribution in [3.8, 4) is 0 Å². The predicted octanol–water partition coefficient (Wildman–Crippen LogP) is 1.70. The zero-order valence-electron chi connectivity index (χ0n) is 10.8. The molecule has 1 saturated carbocycles. The normalized spacial score (nSPS) is 17.7. The molecule has 4 heteroatoms. The van der Waals surface area contributed by atoms with Gasteiger partial charge in [-0.2, -0.15) is 0 Å². The minimum atomic E-state index is -0.774. The Morgan fingerprint density at radius 2 is 2.17 bits per heavy atom. The van der Waals surface area contributed by atoms with Gasteiger partial charge in [0.2, 0.25) is 5.91 Å². The molecule has 0 saturated heterocycles. The lowest BCUT2D eigenvalue weighted by Gasteiger charge is -2.21. The highest BCUT2D eigenvalue weighted by Crippen LogP contribution is 2.32. The van der Waals surface area contributed by atoms with Crippen LogP contribution in [0.4, 0.5) is 0 Å². The van der Waals surface area contributed by atoms with Crippen LogP contribution >= 0.6 is 0 Å².